The number of hydrogen-bond donors (Lipinski definition) is 0. The van der Waals surface area contributed by atoms with Gasteiger partial charge in [-0.3, -0.25) is 4.57 Å². The monoisotopic (exact) mass is 537 g/mol. The third-order valence-electron chi connectivity index (χ3n) is 8.21. The van der Waals surface area contributed by atoms with Gasteiger partial charge in [-0.05, 0) is 41.1 Å². The maximum absolute atomic E-state index is 6.45. The van der Waals surface area contributed by atoms with Gasteiger partial charge >= 0.3 is 0 Å². The highest BCUT2D eigenvalue weighted by atomic mass is 16.3. The zero-order chi connectivity index (χ0) is 27.6. The molecule has 9 rings (SSSR count). The molecule has 0 fully saturated rings. The standard InChI is InChI=1S/C38H23N3O/c1-3-12-25(13-4-1)29-23-30(26-14-5-2-6-15-26)40-38(39-29)41-31-18-10-9-17-28(31)35-32(41)20-22-34-37(35)36-27-16-8-7-11-24(27)19-21-33(36)42-34/h1-23H. The first-order valence-corrected chi connectivity index (χ1v) is 14.1. The Balaban J connectivity index is 1.43. The molecule has 0 bridgehead atoms. The first-order valence-electron chi connectivity index (χ1n) is 14.1. The van der Waals surface area contributed by atoms with E-state index >= 15 is 0 Å². The summed E-state index contributed by atoms with van der Waals surface area (Å²) in [6, 6.07) is 48.2. The molecule has 9 aromatic rings. The Labute approximate surface area is 241 Å². The van der Waals surface area contributed by atoms with Crippen LogP contribution >= 0.6 is 0 Å². The van der Waals surface area contributed by atoms with Crippen molar-refractivity contribution in [3.05, 3.63) is 140 Å². The van der Waals surface area contributed by atoms with Gasteiger partial charge in [0.05, 0.1) is 22.4 Å². The quantitative estimate of drug-likeness (QED) is 0.225. The molecule has 0 aliphatic carbocycles. The summed E-state index contributed by atoms with van der Waals surface area (Å²) >= 11 is 0. The lowest BCUT2D eigenvalue weighted by molar-refractivity contribution is 0.669. The summed E-state index contributed by atoms with van der Waals surface area (Å²) in [6.07, 6.45) is 0. The van der Waals surface area contributed by atoms with Crippen LogP contribution in [0.1, 0.15) is 0 Å². The van der Waals surface area contributed by atoms with E-state index in [4.69, 9.17) is 14.4 Å². The fourth-order valence-electron chi connectivity index (χ4n) is 6.35. The predicted octanol–water partition coefficient (Wildman–Crippen LogP) is 9.96. The summed E-state index contributed by atoms with van der Waals surface area (Å²) in [4.78, 5) is 10.4. The minimum atomic E-state index is 0.637. The Morgan fingerprint density at radius 3 is 1.79 bits per heavy atom. The van der Waals surface area contributed by atoms with Gasteiger partial charge in [0.15, 0.2) is 0 Å². The molecule has 42 heavy (non-hydrogen) atoms. The van der Waals surface area contributed by atoms with Crippen molar-refractivity contribution in [2.45, 2.75) is 0 Å². The van der Waals surface area contributed by atoms with Crippen LogP contribution in [0.5, 0.6) is 0 Å². The molecule has 0 amide bonds. The van der Waals surface area contributed by atoms with Gasteiger partial charge in [0.25, 0.3) is 0 Å². The van der Waals surface area contributed by atoms with E-state index in [-0.39, 0.29) is 0 Å². The smallest absolute Gasteiger partial charge is 0.235 e. The molecule has 0 atom stereocenters. The third kappa shape index (κ3) is 3.36. The molecule has 0 aliphatic rings. The van der Waals surface area contributed by atoms with E-state index in [1.165, 1.54) is 10.8 Å². The Bertz CT molecular complexity index is 2400. The molecule has 0 aliphatic heterocycles. The van der Waals surface area contributed by atoms with Gasteiger partial charge in [-0.2, -0.15) is 0 Å². The molecule has 0 unspecified atom stereocenters. The molecule has 4 nitrogen and oxygen atoms in total. The van der Waals surface area contributed by atoms with Gasteiger partial charge in [0, 0.05) is 32.7 Å². The molecule has 0 saturated carbocycles. The summed E-state index contributed by atoms with van der Waals surface area (Å²) < 4.78 is 8.65. The van der Waals surface area contributed by atoms with Gasteiger partial charge in [-0.15, -0.1) is 0 Å². The maximum atomic E-state index is 6.45. The average Bonchev–Trinajstić information content (AvgIpc) is 3.61. The van der Waals surface area contributed by atoms with Crippen LogP contribution in [0.4, 0.5) is 0 Å². The lowest BCUT2D eigenvalue weighted by Gasteiger charge is -2.11. The Kier molecular flexibility index (Phi) is 4.87. The number of fused-ring (bicyclic) bond motifs is 9. The molecular formula is C38H23N3O. The molecule has 0 N–H and O–H groups in total. The van der Waals surface area contributed by atoms with Crippen molar-refractivity contribution in [1.29, 1.82) is 0 Å². The van der Waals surface area contributed by atoms with Crippen LogP contribution < -0.4 is 0 Å². The van der Waals surface area contributed by atoms with E-state index in [1.54, 1.807) is 0 Å². The molecule has 3 aromatic heterocycles. The van der Waals surface area contributed by atoms with Crippen molar-refractivity contribution in [3.8, 4) is 28.5 Å². The Morgan fingerprint density at radius 2 is 1.05 bits per heavy atom. The number of aromatic nitrogens is 3. The first-order chi connectivity index (χ1) is 20.8. The molecule has 6 aromatic carbocycles. The molecule has 0 saturated heterocycles. The summed E-state index contributed by atoms with van der Waals surface area (Å²) in [7, 11) is 0. The molecular weight excluding hydrogens is 514 g/mol. The first kappa shape index (κ1) is 23.0. The second-order valence-corrected chi connectivity index (χ2v) is 10.6. The van der Waals surface area contributed by atoms with Crippen LogP contribution in [-0.2, 0) is 0 Å². The van der Waals surface area contributed by atoms with Gasteiger partial charge < -0.3 is 4.42 Å². The van der Waals surface area contributed by atoms with Crippen LogP contribution in [0, 0.1) is 0 Å². The number of para-hydroxylation sites is 1. The topological polar surface area (TPSA) is 43.9 Å². The fourth-order valence-corrected chi connectivity index (χ4v) is 6.35. The van der Waals surface area contributed by atoms with Crippen LogP contribution in [0.2, 0.25) is 0 Å². The van der Waals surface area contributed by atoms with E-state index in [2.05, 4.69) is 108 Å². The van der Waals surface area contributed by atoms with Crippen molar-refractivity contribution in [3.63, 3.8) is 0 Å². The minimum Gasteiger partial charge on any atom is -0.456 e. The normalized spacial score (nSPS) is 11.8. The summed E-state index contributed by atoms with van der Waals surface area (Å²) in [5, 5.41) is 6.93. The molecule has 0 spiro atoms. The van der Waals surface area contributed by atoms with Crippen molar-refractivity contribution in [2.75, 3.05) is 0 Å². The van der Waals surface area contributed by atoms with E-state index in [0.717, 1.165) is 66.3 Å². The highest BCUT2D eigenvalue weighted by molar-refractivity contribution is 6.31. The van der Waals surface area contributed by atoms with Crippen LogP contribution in [0.25, 0.3) is 83.0 Å². The lowest BCUT2D eigenvalue weighted by atomic mass is 10.0. The highest BCUT2D eigenvalue weighted by Gasteiger charge is 2.21. The Morgan fingerprint density at radius 1 is 0.452 bits per heavy atom. The van der Waals surface area contributed by atoms with Gasteiger partial charge in [0.2, 0.25) is 5.95 Å². The SMILES string of the molecule is c1ccc(-c2cc(-c3ccccc3)nc(-n3c4ccccc4c4c5c(ccc43)oc3ccc4ccccc4c35)n2)cc1. The summed E-state index contributed by atoms with van der Waals surface area (Å²) in [5.41, 5.74) is 7.73. The minimum absolute atomic E-state index is 0.637. The van der Waals surface area contributed by atoms with E-state index < -0.39 is 0 Å². The van der Waals surface area contributed by atoms with Crippen molar-refractivity contribution in [1.82, 2.24) is 14.5 Å². The summed E-state index contributed by atoms with van der Waals surface area (Å²) in [5.74, 6) is 0.637. The van der Waals surface area contributed by atoms with Gasteiger partial charge in [-0.25, -0.2) is 9.97 Å². The van der Waals surface area contributed by atoms with Crippen molar-refractivity contribution in [2.24, 2.45) is 0 Å². The van der Waals surface area contributed by atoms with Crippen LogP contribution in [0.3, 0.4) is 0 Å². The van der Waals surface area contributed by atoms with Crippen molar-refractivity contribution < 1.29 is 4.42 Å². The highest BCUT2D eigenvalue weighted by Crippen LogP contribution is 2.43. The van der Waals surface area contributed by atoms with E-state index in [0.29, 0.717) is 5.95 Å². The number of nitrogens with zero attached hydrogens (tertiary/aromatic N) is 3. The van der Waals surface area contributed by atoms with Crippen LogP contribution in [0.15, 0.2) is 144 Å². The summed E-state index contributed by atoms with van der Waals surface area (Å²) in [6.45, 7) is 0. The number of hydrogen-bond acceptors (Lipinski definition) is 3. The zero-order valence-corrected chi connectivity index (χ0v) is 22.5. The second-order valence-electron chi connectivity index (χ2n) is 10.6. The number of furan rings is 1. The third-order valence-corrected chi connectivity index (χ3v) is 8.21. The second kappa shape index (κ2) is 8.88. The largest absolute Gasteiger partial charge is 0.456 e. The van der Waals surface area contributed by atoms with Gasteiger partial charge in [-0.1, -0.05) is 109 Å². The number of rotatable bonds is 3. The van der Waals surface area contributed by atoms with E-state index in [1.807, 2.05) is 36.4 Å². The zero-order valence-electron chi connectivity index (χ0n) is 22.5. The molecule has 0 radical (unpaired) electrons. The van der Waals surface area contributed by atoms with Crippen LogP contribution in [-0.4, -0.2) is 14.5 Å². The maximum Gasteiger partial charge on any atom is 0.235 e. The molecule has 3 heterocycles. The van der Waals surface area contributed by atoms with E-state index in [9.17, 15) is 0 Å². The number of benzene rings is 6. The van der Waals surface area contributed by atoms with Crippen molar-refractivity contribution >= 4 is 54.5 Å². The lowest BCUT2D eigenvalue weighted by Crippen LogP contribution is -2.03. The predicted molar refractivity (Wildman–Crippen MR) is 172 cm³/mol. The Hall–Kier alpha value is -5.74. The molecule has 4 heteroatoms. The molecule has 196 valence electrons. The fraction of sp³-hybridized carbons (Fsp3) is 0. The van der Waals surface area contributed by atoms with Gasteiger partial charge in [0.1, 0.15) is 11.2 Å². The average molecular weight is 538 g/mol.